The molecule has 0 saturated heterocycles. The lowest BCUT2D eigenvalue weighted by atomic mass is 9.88. The van der Waals surface area contributed by atoms with Gasteiger partial charge in [-0.3, -0.25) is 4.79 Å². The van der Waals surface area contributed by atoms with E-state index in [1.165, 1.54) is 13.2 Å². The molecule has 9 heteroatoms. The lowest BCUT2D eigenvalue weighted by molar-refractivity contribution is -0.144. The third kappa shape index (κ3) is 6.68. The summed E-state index contributed by atoms with van der Waals surface area (Å²) in [5, 5.41) is 2.63. The van der Waals surface area contributed by atoms with E-state index < -0.39 is 35.7 Å². The van der Waals surface area contributed by atoms with Gasteiger partial charge in [0.15, 0.2) is 0 Å². The van der Waals surface area contributed by atoms with Crippen molar-refractivity contribution in [1.82, 2.24) is 5.32 Å². The Balaban J connectivity index is 2.15. The lowest BCUT2D eigenvalue weighted by Crippen LogP contribution is -2.33. The number of urea groups is 1. The van der Waals surface area contributed by atoms with Crippen molar-refractivity contribution in [2.45, 2.75) is 57.7 Å². The van der Waals surface area contributed by atoms with E-state index in [1.807, 2.05) is 0 Å². The SMILES string of the molecule is CCOC(=O)C(C)c1ccc(OC)c(-c2ccc(C(F)(F)F)cc2C(CCC2CC2)NC(N)=O)c1. The van der Waals surface area contributed by atoms with E-state index in [0.717, 1.165) is 31.4 Å². The quantitative estimate of drug-likeness (QED) is 0.401. The maximum atomic E-state index is 13.6. The number of methoxy groups -OCH3 is 1. The third-order valence-electron chi connectivity index (χ3n) is 6.29. The Kier molecular flexibility index (Phi) is 8.30. The van der Waals surface area contributed by atoms with E-state index in [1.54, 1.807) is 32.0 Å². The zero-order valence-electron chi connectivity index (χ0n) is 20.1. The molecule has 3 rings (SSSR count). The summed E-state index contributed by atoms with van der Waals surface area (Å²) in [7, 11) is 1.46. The van der Waals surface area contributed by atoms with Crippen molar-refractivity contribution in [3.05, 3.63) is 53.1 Å². The van der Waals surface area contributed by atoms with Gasteiger partial charge in [-0.1, -0.05) is 25.0 Å². The Bertz CT molecular complexity index is 1070. The first kappa shape index (κ1) is 26.4. The van der Waals surface area contributed by atoms with Gasteiger partial charge in [-0.2, -0.15) is 13.2 Å². The zero-order valence-corrected chi connectivity index (χ0v) is 20.1. The smallest absolute Gasteiger partial charge is 0.416 e. The molecule has 2 unspecified atom stereocenters. The summed E-state index contributed by atoms with van der Waals surface area (Å²) in [4.78, 5) is 24.1. The number of nitrogens with one attached hydrogen (secondary N) is 1. The number of nitrogens with two attached hydrogens (primary N) is 1. The molecule has 35 heavy (non-hydrogen) atoms. The monoisotopic (exact) mass is 492 g/mol. The Hall–Kier alpha value is -3.23. The Labute approximate surface area is 203 Å². The zero-order chi connectivity index (χ0) is 25.8. The number of esters is 1. The van der Waals surface area contributed by atoms with Crippen molar-refractivity contribution in [2.24, 2.45) is 11.7 Å². The minimum Gasteiger partial charge on any atom is -0.496 e. The van der Waals surface area contributed by atoms with Crippen LogP contribution in [-0.4, -0.2) is 25.7 Å². The fourth-order valence-corrected chi connectivity index (χ4v) is 4.17. The Morgan fingerprint density at radius 3 is 2.43 bits per heavy atom. The highest BCUT2D eigenvalue weighted by Crippen LogP contribution is 2.42. The Morgan fingerprint density at radius 1 is 1.14 bits per heavy atom. The normalized spacial score (nSPS) is 15.3. The number of primary amides is 1. The second kappa shape index (κ2) is 11.0. The molecule has 2 amide bonds. The second-order valence-corrected chi connectivity index (χ2v) is 8.82. The van der Waals surface area contributed by atoms with Crippen LogP contribution < -0.4 is 15.8 Å². The molecular weight excluding hydrogens is 461 g/mol. The van der Waals surface area contributed by atoms with Crippen LogP contribution in [0.5, 0.6) is 5.75 Å². The fraction of sp³-hybridized carbons (Fsp3) is 0.462. The largest absolute Gasteiger partial charge is 0.496 e. The van der Waals surface area contributed by atoms with Crippen LogP contribution in [0.25, 0.3) is 11.1 Å². The maximum absolute atomic E-state index is 13.6. The van der Waals surface area contributed by atoms with Gasteiger partial charge < -0.3 is 20.5 Å². The van der Waals surface area contributed by atoms with Crippen LogP contribution in [0.2, 0.25) is 0 Å². The summed E-state index contributed by atoms with van der Waals surface area (Å²) >= 11 is 0. The summed E-state index contributed by atoms with van der Waals surface area (Å²) < 4.78 is 51.6. The summed E-state index contributed by atoms with van der Waals surface area (Å²) in [6.07, 6.45) is -1.22. The Morgan fingerprint density at radius 2 is 1.86 bits per heavy atom. The van der Waals surface area contributed by atoms with Gasteiger partial charge >= 0.3 is 18.2 Å². The number of ether oxygens (including phenoxy) is 2. The molecule has 1 aliphatic carbocycles. The van der Waals surface area contributed by atoms with Crippen molar-refractivity contribution < 1.29 is 32.2 Å². The van der Waals surface area contributed by atoms with Gasteiger partial charge in [-0.15, -0.1) is 0 Å². The highest BCUT2D eigenvalue weighted by Gasteiger charge is 2.33. The molecule has 2 atom stereocenters. The molecule has 1 saturated carbocycles. The predicted octanol–water partition coefficient (Wildman–Crippen LogP) is 5.95. The van der Waals surface area contributed by atoms with Gasteiger partial charge in [-0.25, -0.2) is 4.79 Å². The van der Waals surface area contributed by atoms with Crippen molar-refractivity contribution in [1.29, 1.82) is 0 Å². The van der Waals surface area contributed by atoms with Gasteiger partial charge in [0.25, 0.3) is 0 Å². The first-order valence-corrected chi connectivity index (χ1v) is 11.7. The van der Waals surface area contributed by atoms with Crippen molar-refractivity contribution in [3.63, 3.8) is 0 Å². The average molecular weight is 493 g/mol. The van der Waals surface area contributed by atoms with Gasteiger partial charge in [0.05, 0.1) is 31.2 Å². The predicted molar refractivity (Wildman–Crippen MR) is 126 cm³/mol. The van der Waals surface area contributed by atoms with Crippen molar-refractivity contribution in [2.75, 3.05) is 13.7 Å². The van der Waals surface area contributed by atoms with Gasteiger partial charge in [0.2, 0.25) is 0 Å². The summed E-state index contributed by atoms with van der Waals surface area (Å²) in [5.41, 5.74) is 6.46. The molecule has 3 N–H and O–H groups in total. The van der Waals surface area contributed by atoms with Crippen LogP contribution in [0.3, 0.4) is 0 Å². The topological polar surface area (TPSA) is 90.7 Å². The highest BCUT2D eigenvalue weighted by atomic mass is 19.4. The standard InChI is InChI=1S/C26H31F3N2O4/c1-4-35-24(32)15(2)17-8-12-23(34-3)21(13-17)19-10-9-18(26(27,28)29)14-20(19)22(31-25(30)33)11-7-16-5-6-16/h8-10,12-16,22H,4-7,11H2,1-3H3,(H3,30,31,33). The number of carbonyl (C=O) groups excluding carboxylic acids is 2. The summed E-state index contributed by atoms with van der Waals surface area (Å²) in [6, 6.07) is 7.01. The molecule has 0 spiro atoms. The van der Waals surface area contributed by atoms with E-state index in [-0.39, 0.29) is 6.61 Å². The van der Waals surface area contributed by atoms with Crippen molar-refractivity contribution >= 4 is 12.0 Å². The summed E-state index contributed by atoms with van der Waals surface area (Å²) in [5.74, 6) is -0.0728. The van der Waals surface area contributed by atoms with Crippen molar-refractivity contribution in [3.8, 4) is 16.9 Å². The number of carbonyl (C=O) groups is 2. The van der Waals surface area contributed by atoms with Crippen LogP contribution in [0.1, 0.15) is 68.2 Å². The molecule has 0 aromatic heterocycles. The molecule has 0 radical (unpaired) electrons. The average Bonchev–Trinajstić information content (AvgIpc) is 3.64. The van der Waals surface area contributed by atoms with Crippen LogP contribution in [0.15, 0.2) is 36.4 Å². The number of hydrogen-bond acceptors (Lipinski definition) is 4. The second-order valence-electron chi connectivity index (χ2n) is 8.82. The molecule has 2 aromatic rings. The van der Waals surface area contributed by atoms with E-state index in [9.17, 15) is 22.8 Å². The number of alkyl halides is 3. The molecule has 6 nitrogen and oxygen atoms in total. The molecule has 1 aliphatic rings. The number of amides is 2. The number of halogens is 3. The molecule has 0 heterocycles. The maximum Gasteiger partial charge on any atom is 0.416 e. The van der Waals surface area contributed by atoms with Crippen LogP contribution in [0, 0.1) is 5.92 Å². The lowest BCUT2D eigenvalue weighted by Gasteiger charge is -2.24. The minimum atomic E-state index is -4.56. The van der Waals surface area contributed by atoms with E-state index in [2.05, 4.69) is 5.32 Å². The van der Waals surface area contributed by atoms with Crippen LogP contribution in [-0.2, 0) is 15.7 Å². The third-order valence-corrected chi connectivity index (χ3v) is 6.29. The summed E-state index contributed by atoms with van der Waals surface area (Å²) in [6.45, 7) is 3.65. The molecule has 1 fully saturated rings. The molecular formula is C26H31F3N2O4. The van der Waals surface area contributed by atoms with Gasteiger partial charge in [0.1, 0.15) is 5.75 Å². The first-order chi connectivity index (χ1) is 16.5. The van der Waals surface area contributed by atoms with E-state index in [0.29, 0.717) is 40.3 Å². The number of benzene rings is 2. The molecule has 0 aliphatic heterocycles. The first-order valence-electron chi connectivity index (χ1n) is 11.7. The molecule has 2 aromatic carbocycles. The molecule has 0 bridgehead atoms. The molecule has 190 valence electrons. The minimum absolute atomic E-state index is 0.233. The number of hydrogen-bond donors (Lipinski definition) is 2. The van der Waals surface area contributed by atoms with Crippen LogP contribution >= 0.6 is 0 Å². The van der Waals surface area contributed by atoms with E-state index in [4.69, 9.17) is 15.2 Å². The number of rotatable bonds is 10. The fourth-order valence-electron chi connectivity index (χ4n) is 4.17. The van der Waals surface area contributed by atoms with Gasteiger partial charge in [-0.05, 0) is 73.6 Å². The van der Waals surface area contributed by atoms with E-state index >= 15 is 0 Å². The van der Waals surface area contributed by atoms with Gasteiger partial charge in [0, 0.05) is 5.56 Å². The van der Waals surface area contributed by atoms with Crippen LogP contribution in [0.4, 0.5) is 18.0 Å². The highest BCUT2D eigenvalue weighted by molar-refractivity contribution is 5.81.